The van der Waals surface area contributed by atoms with Crippen molar-refractivity contribution in [2.45, 2.75) is 32.7 Å². The lowest BCUT2D eigenvalue weighted by molar-refractivity contribution is -0.141. The predicted octanol–water partition coefficient (Wildman–Crippen LogP) is 1.19. The smallest absolute Gasteiger partial charge is 0.325 e. The number of aromatic nitrogens is 2. The molecular formula is C13H16N4O2. The zero-order valence-electron chi connectivity index (χ0n) is 11.1. The summed E-state index contributed by atoms with van der Waals surface area (Å²) in [6.45, 7) is 4.07. The number of hydrogen-bond acceptors (Lipinski definition) is 6. The summed E-state index contributed by atoms with van der Waals surface area (Å²) in [6.07, 6.45) is 2.02. The van der Waals surface area contributed by atoms with Gasteiger partial charge in [-0.05, 0) is 32.8 Å². The van der Waals surface area contributed by atoms with Gasteiger partial charge in [0, 0.05) is 11.7 Å². The Bertz CT molecular complexity index is 520. The van der Waals surface area contributed by atoms with Crippen molar-refractivity contribution in [2.24, 2.45) is 0 Å². The van der Waals surface area contributed by atoms with Crippen molar-refractivity contribution in [1.82, 2.24) is 9.97 Å². The Balaban J connectivity index is 2.21. The van der Waals surface area contributed by atoms with Crippen LogP contribution < -0.4 is 4.90 Å². The SMILES string of the molecule is CCOC(=O)CN(c1nc(C)cc(C#N)n1)C1CC1. The van der Waals surface area contributed by atoms with Crippen molar-refractivity contribution in [3.05, 3.63) is 17.5 Å². The van der Waals surface area contributed by atoms with Crippen LogP contribution in [0.2, 0.25) is 0 Å². The second-order valence-electron chi connectivity index (χ2n) is 4.47. The van der Waals surface area contributed by atoms with Gasteiger partial charge in [-0.1, -0.05) is 0 Å². The van der Waals surface area contributed by atoms with Gasteiger partial charge in [-0.15, -0.1) is 0 Å². The van der Waals surface area contributed by atoms with Crippen LogP contribution in [0.25, 0.3) is 0 Å². The molecule has 0 N–H and O–H groups in total. The van der Waals surface area contributed by atoms with Gasteiger partial charge in [0.15, 0.2) is 0 Å². The molecule has 0 aromatic carbocycles. The predicted molar refractivity (Wildman–Crippen MR) is 68.5 cm³/mol. The Labute approximate surface area is 112 Å². The Hall–Kier alpha value is -2.16. The van der Waals surface area contributed by atoms with Gasteiger partial charge in [0.2, 0.25) is 5.95 Å². The van der Waals surface area contributed by atoms with E-state index < -0.39 is 0 Å². The maximum atomic E-state index is 11.6. The molecule has 0 saturated heterocycles. The summed E-state index contributed by atoms with van der Waals surface area (Å²) in [5.41, 5.74) is 1.04. The van der Waals surface area contributed by atoms with E-state index in [9.17, 15) is 4.79 Å². The van der Waals surface area contributed by atoms with Gasteiger partial charge in [0.1, 0.15) is 18.3 Å². The molecular weight excluding hydrogens is 244 g/mol. The first-order valence-electron chi connectivity index (χ1n) is 6.32. The topological polar surface area (TPSA) is 79.1 Å². The number of aryl methyl sites for hydroxylation is 1. The van der Waals surface area contributed by atoms with Crippen molar-refractivity contribution in [3.63, 3.8) is 0 Å². The lowest BCUT2D eigenvalue weighted by Crippen LogP contribution is -2.34. The molecule has 1 aliphatic carbocycles. The maximum absolute atomic E-state index is 11.6. The van der Waals surface area contributed by atoms with Gasteiger partial charge in [0.25, 0.3) is 0 Å². The molecule has 1 heterocycles. The van der Waals surface area contributed by atoms with E-state index in [2.05, 4.69) is 9.97 Å². The minimum atomic E-state index is -0.294. The summed E-state index contributed by atoms with van der Waals surface area (Å²) in [4.78, 5) is 21.9. The number of esters is 1. The van der Waals surface area contributed by atoms with E-state index in [1.807, 2.05) is 17.9 Å². The zero-order chi connectivity index (χ0) is 13.8. The number of nitrogens with zero attached hydrogens (tertiary/aromatic N) is 4. The lowest BCUT2D eigenvalue weighted by atomic mass is 10.3. The van der Waals surface area contributed by atoms with E-state index >= 15 is 0 Å². The summed E-state index contributed by atoms with van der Waals surface area (Å²) >= 11 is 0. The summed E-state index contributed by atoms with van der Waals surface area (Å²) in [5, 5.41) is 8.94. The van der Waals surface area contributed by atoms with Gasteiger partial charge in [-0.2, -0.15) is 5.26 Å². The van der Waals surface area contributed by atoms with E-state index in [1.54, 1.807) is 13.0 Å². The van der Waals surface area contributed by atoms with Gasteiger partial charge >= 0.3 is 5.97 Å². The van der Waals surface area contributed by atoms with Crippen molar-refractivity contribution in [1.29, 1.82) is 5.26 Å². The quantitative estimate of drug-likeness (QED) is 0.740. The summed E-state index contributed by atoms with van der Waals surface area (Å²) in [7, 11) is 0. The molecule has 0 atom stereocenters. The van der Waals surface area contributed by atoms with Crippen LogP contribution in [0.3, 0.4) is 0 Å². The number of carbonyl (C=O) groups excluding carboxylic acids is 1. The molecule has 6 nitrogen and oxygen atoms in total. The molecule has 0 bridgehead atoms. The molecule has 2 rings (SSSR count). The number of rotatable bonds is 5. The van der Waals surface area contributed by atoms with Gasteiger partial charge in [0.05, 0.1) is 6.61 Å². The number of hydrogen-bond donors (Lipinski definition) is 0. The molecule has 1 aromatic rings. The second kappa shape index (κ2) is 5.65. The van der Waals surface area contributed by atoms with Crippen LogP contribution in [0.4, 0.5) is 5.95 Å². The van der Waals surface area contributed by atoms with E-state index in [0.717, 1.165) is 18.5 Å². The Morgan fingerprint density at radius 3 is 2.89 bits per heavy atom. The molecule has 1 aromatic heterocycles. The summed E-state index contributed by atoms with van der Waals surface area (Å²) < 4.78 is 4.96. The molecule has 0 spiro atoms. The average molecular weight is 260 g/mol. The first kappa shape index (κ1) is 13.3. The third-order valence-electron chi connectivity index (χ3n) is 2.81. The van der Waals surface area contributed by atoms with Gasteiger partial charge in [-0.25, -0.2) is 9.97 Å². The zero-order valence-corrected chi connectivity index (χ0v) is 11.1. The Morgan fingerprint density at radius 2 is 2.32 bits per heavy atom. The van der Waals surface area contributed by atoms with E-state index in [0.29, 0.717) is 18.2 Å². The van der Waals surface area contributed by atoms with Crippen molar-refractivity contribution >= 4 is 11.9 Å². The van der Waals surface area contributed by atoms with Crippen molar-refractivity contribution < 1.29 is 9.53 Å². The van der Waals surface area contributed by atoms with E-state index in [1.165, 1.54) is 0 Å². The molecule has 6 heteroatoms. The molecule has 1 fully saturated rings. The van der Waals surface area contributed by atoms with Gasteiger partial charge in [-0.3, -0.25) is 4.79 Å². The number of ether oxygens (including phenoxy) is 1. The fourth-order valence-corrected chi connectivity index (χ4v) is 1.83. The first-order chi connectivity index (χ1) is 9.13. The molecule has 1 aliphatic rings. The largest absolute Gasteiger partial charge is 0.465 e. The third-order valence-corrected chi connectivity index (χ3v) is 2.81. The highest BCUT2D eigenvalue weighted by atomic mass is 16.5. The highest BCUT2D eigenvalue weighted by molar-refractivity contribution is 5.75. The Morgan fingerprint density at radius 1 is 1.58 bits per heavy atom. The highest BCUT2D eigenvalue weighted by Crippen LogP contribution is 2.29. The fourth-order valence-electron chi connectivity index (χ4n) is 1.83. The third kappa shape index (κ3) is 3.41. The number of nitriles is 1. The van der Waals surface area contributed by atoms with E-state index in [4.69, 9.17) is 10.00 Å². The highest BCUT2D eigenvalue weighted by Gasteiger charge is 2.32. The average Bonchev–Trinajstić information content (AvgIpc) is 3.19. The maximum Gasteiger partial charge on any atom is 0.325 e. The van der Waals surface area contributed by atoms with E-state index in [-0.39, 0.29) is 18.6 Å². The molecule has 1 saturated carbocycles. The number of anilines is 1. The van der Waals surface area contributed by atoms with Crippen LogP contribution >= 0.6 is 0 Å². The van der Waals surface area contributed by atoms with Crippen LogP contribution in [0, 0.1) is 18.3 Å². The van der Waals surface area contributed by atoms with Crippen LogP contribution in [-0.4, -0.2) is 35.1 Å². The standard InChI is InChI=1S/C13H16N4O2/c1-3-19-12(18)8-17(11-4-5-11)13-15-9(2)6-10(7-14)16-13/h6,11H,3-5,8H2,1-2H3. The number of carbonyl (C=O) groups is 1. The monoisotopic (exact) mass is 260 g/mol. The van der Waals surface area contributed by atoms with Crippen LogP contribution in [0.15, 0.2) is 6.07 Å². The van der Waals surface area contributed by atoms with Gasteiger partial charge < -0.3 is 9.64 Å². The van der Waals surface area contributed by atoms with Crippen molar-refractivity contribution in [3.8, 4) is 6.07 Å². The second-order valence-corrected chi connectivity index (χ2v) is 4.47. The molecule has 19 heavy (non-hydrogen) atoms. The fraction of sp³-hybridized carbons (Fsp3) is 0.538. The minimum absolute atomic E-state index is 0.132. The van der Waals surface area contributed by atoms with Crippen LogP contribution in [0.1, 0.15) is 31.2 Å². The van der Waals surface area contributed by atoms with Crippen LogP contribution in [0.5, 0.6) is 0 Å². The molecule has 100 valence electrons. The lowest BCUT2D eigenvalue weighted by Gasteiger charge is -2.21. The molecule has 0 radical (unpaired) electrons. The normalized spacial score (nSPS) is 13.7. The summed E-state index contributed by atoms with van der Waals surface area (Å²) in [5.74, 6) is 0.144. The molecule has 0 unspecified atom stereocenters. The molecule has 0 amide bonds. The Kier molecular flexibility index (Phi) is 3.95. The molecule has 0 aliphatic heterocycles. The van der Waals surface area contributed by atoms with Crippen LogP contribution in [-0.2, 0) is 9.53 Å². The first-order valence-corrected chi connectivity index (χ1v) is 6.32. The van der Waals surface area contributed by atoms with Crippen molar-refractivity contribution in [2.75, 3.05) is 18.1 Å². The summed E-state index contributed by atoms with van der Waals surface area (Å²) in [6, 6.07) is 3.91. The minimum Gasteiger partial charge on any atom is -0.465 e.